The lowest BCUT2D eigenvalue weighted by atomic mass is 10.1. The van der Waals surface area contributed by atoms with Crippen molar-refractivity contribution in [3.05, 3.63) is 29.6 Å². The highest BCUT2D eigenvalue weighted by Crippen LogP contribution is 2.26. The molecule has 5 heteroatoms. The molecule has 0 aliphatic carbocycles. The highest BCUT2D eigenvalue weighted by Gasteiger charge is 2.37. The summed E-state index contributed by atoms with van der Waals surface area (Å²) in [6.07, 6.45) is 0.501. The first kappa shape index (κ1) is 13.5. The summed E-state index contributed by atoms with van der Waals surface area (Å²) in [5, 5.41) is 2.66. The van der Waals surface area contributed by atoms with E-state index in [0.717, 1.165) is 0 Å². The van der Waals surface area contributed by atoms with Crippen molar-refractivity contribution in [1.82, 2.24) is 5.32 Å². The topological polar surface area (TPSA) is 49.4 Å². The molecule has 1 unspecified atom stereocenters. The number of carbonyl (C=O) groups excluding carboxylic acids is 2. The lowest BCUT2D eigenvalue weighted by Crippen LogP contribution is -2.36. The number of aryl methyl sites for hydroxylation is 1. The summed E-state index contributed by atoms with van der Waals surface area (Å²) >= 11 is 0. The SMILES string of the molecule is CCNC(=O)C1CCN(c2ccc(F)c(C)c2)C1=O. The van der Waals surface area contributed by atoms with Gasteiger partial charge in [0.25, 0.3) is 0 Å². The van der Waals surface area contributed by atoms with Crippen molar-refractivity contribution >= 4 is 17.5 Å². The Hall–Kier alpha value is -1.91. The summed E-state index contributed by atoms with van der Waals surface area (Å²) in [7, 11) is 0. The molecule has 1 N–H and O–H groups in total. The molecule has 2 rings (SSSR count). The van der Waals surface area contributed by atoms with Gasteiger partial charge in [-0.25, -0.2) is 4.39 Å². The van der Waals surface area contributed by atoms with Crippen LogP contribution < -0.4 is 10.2 Å². The smallest absolute Gasteiger partial charge is 0.239 e. The number of carbonyl (C=O) groups is 2. The Morgan fingerprint density at radius 1 is 1.53 bits per heavy atom. The van der Waals surface area contributed by atoms with Gasteiger partial charge in [-0.3, -0.25) is 9.59 Å². The van der Waals surface area contributed by atoms with E-state index in [1.54, 1.807) is 24.0 Å². The Morgan fingerprint density at radius 3 is 2.89 bits per heavy atom. The van der Waals surface area contributed by atoms with Crippen LogP contribution in [-0.4, -0.2) is 24.9 Å². The van der Waals surface area contributed by atoms with Crippen LogP contribution in [0.15, 0.2) is 18.2 Å². The van der Waals surface area contributed by atoms with Gasteiger partial charge in [-0.05, 0) is 44.0 Å². The third-order valence-electron chi connectivity index (χ3n) is 3.33. The van der Waals surface area contributed by atoms with Gasteiger partial charge >= 0.3 is 0 Å². The lowest BCUT2D eigenvalue weighted by molar-refractivity contribution is -0.132. The van der Waals surface area contributed by atoms with Gasteiger partial charge in [0.1, 0.15) is 11.7 Å². The van der Waals surface area contributed by atoms with Crippen LogP contribution in [0.5, 0.6) is 0 Å². The first-order valence-corrected chi connectivity index (χ1v) is 6.39. The van der Waals surface area contributed by atoms with Gasteiger partial charge in [-0.15, -0.1) is 0 Å². The third-order valence-corrected chi connectivity index (χ3v) is 3.33. The molecule has 1 heterocycles. The van der Waals surface area contributed by atoms with Crippen molar-refractivity contribution in [1.29, 1.82) is 0 Å². The van der Waals surface area contributed by atoms with E-state index in [1.807, 2.05) is 6.92 Å². The first-order valence-electron chi connectivity index (χ1n) is 6.39. The normalized spacial score (nSPS) is 18.8. The molecule has 1 aliphatic heterocycles. The van der Waals surface area contributed by atoms with Crippen LogP contribution in [0.4, 0.5) is 10.1 Å². The van der Waals surface area contributed by atoms with Crippen molar-refractivity contribution in [3.63, 3.8) is 0 Å². The Kier molecular flexibility index (Phi) is 3.83. The minimum absolute atomic E-state index is 0.211. The molecule has 102 valence electrons. The van der Waals surface area contributed by atoms with Gasteiger partial charge in [0.2, 0.25) is 11.8 Å². The van der Waals surface area contributed by atoms with Crippen molar-refractivity contribution in [2.45, 2.75) is 20.3 Å². The summed E-state index contributed by atoms with van der Waals surface area (Å²) in [6, 6.07) is 4.55. The molecular weight excluding hydrogens is 247 g/mol. The number of halogens is 1. The number of hydrogen-bond acceptors (Lipinski definition) is 2. The zero-order valence-corrected chi connectivity index (χ0v) is 11.1. The Balaban J connectivity index is 2.17. The predicted molar refractivity (Wildman–Crippen MR) is 70.3 cm³/mol. The van der Waals surface area contributed by atoms with E-state index in [2.05, 4.69) is 5.32 Å². The zero-order chi connectivity index (χ0) is 14.0. The van der Waals surface area contributed by atoms with Crippen LogP contribution in [0.1, 0.15) is 18.9 Å². The highest BCUT2D eigenvalue weighted by molar-refractivity contribution is 6.09. The quantitative estimate of drug-likeness (QED) is 0.843. The van der Waals surface area contributed by atoms with E-state index < -0.39 is 5.92 Å². The van der Waals surface area contributed by atoms with Crippen molar-refractivity contribution in [2.24, 2.45) is 5.92 Å². The van der Waals surface area contributed by atoms with Crippen LogP contribution >= 0.6 is 0 Å². The van der Waals surface area contributed by atoms with Gasteiger partial charge in [0, 0.05) is 18.8 Å². The molecule has 19 heavy (non-hydrogen) atoms. The maximum atomic E-state index is 13.2. The van der Waals surface area contributed by atoms with E-state index >= 15 is 0 Å². The van der Waals surface area contributed by atoms with Gasteiger partial charge in [-0.2, -0.15) is 0 Å². The van der Waals surface area contributed by atoms with E-state index in [-0.39, 0.29) is 17.6 Å². The Labute approximate surface area is 111 Å². The van der Waals surface area contributed by atoms with E-state index in [0.29, 0.717) is 30.8 Å². The molecule has 1 aromatic rings. The molecule has 1 fully saturated rings. The third kappa shape index (κ3) is 2.59. The number of nitrogens with zero attached hydrogens (tertiary/aromatic N) is 1. The van der Waals surface area contributed by atoms with Crippen molar-refractivity contribution in [2.75, 3.05) is 18.0 Å². The molecule has 0 aromatic heterocycles. The van der Waals surface area contributed by atoms with Crippen LogP contribution in [0.25, 0.3) is 0 Å². The summed E-state index contributed by atoms with van der Waals surface area (Å²) in [4.78, 5) is 25.5. The number of rotatable bonds is 3. The van der Waals surface area contributed by atoms with Gasteiger partial charge < -0.3 is 10.2 Å². The fourth-order valence-corrected chi connectivity index (χ4v) is 2.27. The largest absolute Gasteiger partial charge is 0.356 e. The molecule has 0 saturated carbocycles. The maximum Gasteiger partial charge on any atom is 0.239 e. The van der Waals surface area contributed by atoms with Crippen LogP contribution in [0, 0.1) is 18.7 Å². The molecule has 4 nitrogen and oxygen atoms in total. The highest BCUT2D eigenvalue weighted by atomic mass is 19.1. The van der Waals surface area contributed by atoms with Crippen molar-refractivity contribution < 1.29 is 14.0 Å². The molecule has 1 saturated heterocycles. The van der Waals surface area contributed by atoms with E-state index in [1.165, 1.54) is 6.07 Å². The number of nitrogens with one attached hydrogen (secondary N) is 1. The molecule has 0 spiro atoms. The summed E-state index contributed by atoms with van der Waals surface area (Å²) in [5.41, 5.74) is 1.14. The first-order chi connectivity index (χ1) is 9.04. The minimum atomic E-state index is -0.620. The maximum absolute atomic E-state index is 13.2. The Bertz CT molecular complexity index is 516. The number of anilines is 1. The molecule has 1 aliphatic rings. The second-order valence-electron chi connectivity index (χ2n) is 4.66. The fraction of sp³-hybridized carbons (Fsp3) is 0.429. The molecule has 0 bridgehead atoms. The molecule has 1 aromatic carbocycles. The number of benzene rings is 1. The monoisotopic (exact) mass is 264 g/mol. The summed E-state index contributed by atoms with van der Waals surface area (Å²) in [5.74, 6) is -1.35. The van der Waals surface area contributed by atoms with Crippen molar-refractivity contribution in [3.8, 4) is 0 Å². The van der Waals surface area contributed by atoms with E-state index in [9.17, 15) is 14.0 Å². The fourth-order valence-electron chi connectivity index (χ4n) is 2.27. The minimum Gasteiger partial charge on any atom is -0.356 e. The standard InChI is InChI=1S/C14H17FN2O2/c1-3-16-13(18)11-6-7-17(14(11)19)10-4-5-12(15)9(2)8-10/h4-5,8,11H,3,6-7H2,1-2H3,(H,16,18). The van der Waals surface area contributed by atoms with Gasteiger partial charge in [0.05, 0.1) is 0 Å². The molecule has 0 radical (unpaired) electrons. The number of hydrogen-bond donors (Lipinski definition) is 1. The van der Waals surface area contributed by atoms with Gasteiger partial charge in [-0.1, -0.05) is 0 Å². The van der Waals surface area contributed by atoms with Crippen LogP contribution in [0.3, 0.4) is 0 Å². The number of amides is 2. The van der Waals surface area contributed by atoms with Crippen LogP contribution in [0.2, 0.25) is 0 Å². The molecular formula is C14H17FN2O2. The average molecular weight is 264 g/mol. The summed E-state index contributed by atoms with van der Waals surface area (Å²) < 4.78 is 13.2. The second-order valence-corrected chi connectivity index (χ2v) is 4.66. The van der Waals surface area contributed by atoms with E-state index in [4.69, 9.17) is 0 Å². The molecule has 1 atom stereocenters. The predicted octanol–water partition coefficient (Wildman–Crippen LogP) is 1.62. The molecule has 2 amide bonds. The van der Waals surface area contributed by atoms with Gasteiger partial charge in [0.15, 0.2) is 0 Å². The average Bonchev–Trinajstić information content (AvgIpc) is 2.75. The Morgan fingerprint density at radius 2 is 2.26 bits per heavy atom. The van der Waals surface area contributed by atoms with Crippen LogP contribution in [-0.2, 0) is 9.59 Å². The summed E-state index contributed by atoms with van der Waals surface area (Å²) in [6.45, 7) is 4.48. The lowest BCUT2D eigenvalue weighted by Gasteiger charge is -2.17. The second kappa shape index (κ2) is 5.38. The zero-order valence-electron chi connectivity index (χ0n) is 11.1.